The molecule has 1 aromatic rings. The highest BCUT2D eigenvalue weighted by Crippen LogP contribution is 2.38. The molecule has 0 aromatic heterocycles. The van der Waals surface area contributed by atoms with Crippen LogP contribution >= 0.6 is 23.2 Å². The van der Waals surface area contributed by atoms with Crippen LogP contribution in [0.1, 0.15) is 46.6 Å². The Hall–Kier alpha value is -0.440. The smallest absolute Gasteiger partial charge is 0.138 e. The molecular weight excluding hydrogens is 293 g/mol. The van der Waals surface area contributed by atoms with Gasteiger partial charge in [-0.25, -0.2) is 0 Å². The molecule has 0 radical (unpaired) electrons. The summed E-state index contributed by atoms with van der Waals surface area (Å²) in [6.45, 7) is 11.8. The van der Waals surface area contributed by atoms with Crippen molar-refractivity contribution in [2.24, 2.45) is 0 Å². The maximum absolute atomic E-state index is 6.37. The summed E-state index contributed by atoms with van der Waals surface area (Å²) in [5.74, 6) is 0.615. The van der Waals surface area contributed by atoms with Gasteiger partial charge in [0, 0.05) is 16.6 Å². The number of benzene rings is 1. The van der Waals surface area contributed by atoms with Crippen molar-refractivity contribution in [2.45, 2.75) is 52.0 Å². The first-order chi connectivity index (χ1) is 9.07. The molecule has 0 bridgehead atoms. The number of methoxy groups -OCH3 is 1. The Morgan fingerprint density at radius 3 is 2.15 bits per heavy atom. The van der Waals surface area contributed by atoms with E-state index in [0.717, 1.165) is 18.5 Å². The first-order valence-electron chi connectivity index (χ1n) is 6.85. The molecule has 0 saturated heterocycles. The average Bonchev–Trinajstić information content (AvgIpc) is 2.29. The predicted molar refractivity (Wildman–Crippen MR) is 88.4 cm³/mol. The maximum atomic E-state index is 6.37. The third-order valence-electron chi connectivity index (χ3n) is 3.38. The van der Waals surface area contributed by atoms with Crippen molar-refractivity contribution in [1.29, 1.82) is 0 Å². The highest BCUT2D eigenvalue weighted by Gasteiger charge is 2.25. The number of nitrogens with one attached hydrogen (secondary N) is 1. The minimum absolute atomic E-state index is 0.0504. The summed E-state index contributed by atoms with van der Waals surface area (Å²) in [7, 11) is 1.59. The first-order valence-corrected chi connectivity index (χ1v) is 7.61. The van der Waals surface area contributed by atoms with Gasteiger partial charge in [-0.2, -0.15) is 0 Å². The summed E-state index contributed by atoms with van der Waals surface area (Å²) in [4.78, 5) is 0. The van der Waals surface area contributed by atoms with Gasteiger partial charge >= 0.3 is 0 Å². The van der Waals surface area contributed by atoms with Gasteiger partial charge in [-0.05, 0) is 50.8 Å². The van der Waals surface area contributed by atoms with Crippen LogP contribution in [0.5, 0.6) is 5.75 Å². The molecule has 0 saturated carbocycles. The van der Waals surface area contributed by atoms with Crippen LogP contribution in [0.4, 0.5) is 0 Å². The van der Waals surface area contributed by atoms with E-state index in [0.29, 0.717) is 15.8 Å². The molecule has 114 valence electrons. The summed E-state index contributed by atoms with van der Waals surface area (Å²) in [5, 5.41) is 4.81. The lowest BCUT2D eigenvalue weighted by molar-refractivity contribution is 0.379. The molecule has 0 amide bonds. The van der Waals surface area contributed by atoms with Crippen molar-refractivity contribution < 1.29 is 4.74 Å². The Labute approximate surface area is 132 Å². The molecule has 20 heavy (non-hydrogen) atoms. The Bertz CT molecular complexity index is 464. The minimum Gasteiger partial charge on any atom is -0.495 e. The molecule has 0 aliphatic carbocycles. The van der Waals surface area contributed by atoms with Crippen molar-refractivity contribution in [3.63, 3.8) is 0 Å². The third-order valence-corrected chi connectivity index (χ3v) is 3.98. The van der Waals surface area contributed by atoms with Crippen LogP contribution in [0.3, 0.4) is 0 Å². The van der Waals surface area contributed by atoms with E-state index in [1.54, 1.807) is 13.2 Å². The summed E-state index contributed by atoms with van der Waals surface area (Å²) >= 11 is 12.6. The number of hydrogen-bond donors (Lipinski definition) is 1. The molecule has 1 rings (SSSR count). The standard InChI is InChI=1S/C16H25Cl2NO/c1-15(2,3)19-8-7-16(4,5)11-9-13(18)14(20-6)10-12(11)17/h9-10,19H,7-8H2,1-6H3. The SMILES string of the molecule is COc1cc(Cl)c(C(C)(C)CCNC(C)(C)C)cc1Cl. The lowest BCUT2D eigenvalue weighted by Crippen LogP contribution is -2.38. The van der Waals surface area contributed by atoms with E-state index in [-0.39, 0.29) is 11.0 Å². The predicted octanol–water partition coefficient (Wildman–Crippen LogP) is 5.06. The van der Waals surface area contributed by atoms with Gasteiger partial charge in [-0.3, -0.25) is 0 Å². The Morgan fingerprint density at radius 1 is 1.05 bits per heavy atom. The normalized spacial score (nSPS) is 12.6. The van der Waals surface area contributed by atoms with Crippen LogP contribution in [-0.4, -0.2) is 19.2 Å². The topological polar surface area (TPSA) is 21.3 Å². The van der Waals surface area contributed by atoms with Gasteiger partial charge < -0.3 is 10.1 Å². The quantitative estimate of drug-likeness (QED) is 0.819. The van der Waals surface area contributed by atoms with Crippen LogP contribution in [0.2, 0.25) is 10.0 Å². The van der Waals surface area contributed by atoms with Crippen LogP contribution < -0.4 is 10.1 Å². The Kier molecular flexibility index (Phi) is 5.77. The monoisotopic (exact) mass is 317 g/mol. The summed E-state index contributed by atoms with van der Waals surface area (Å²) in [6.07, 6.45) is 0.979. The molecule has 1 N–H and O–H groups in total. The number of halogens is 2. The van der Waals surface area contributed by atoms with E-state index in [1.165, 1.54) is 0 Å². The zero-order valence-corrected chi connectivity index (χ0v) is 14.7. The van der Waals surface area contributed by atoms with Crippen LogP contribution in [0, 0.1) is 0 Å². The maximum Gasteiger partial charge on any atom is 0.138 e. The number of ether oxygens (including phenoxy) is 1. The first kappa shape index (κ1) is 17.6. The lowest BCUT2D eigenvalue weighted by Gasteiger charge is -2.29. The van der Waals surface area contributed by atoms with Crippen molar-refractivity contribution in [3.05, 3.63) is 27.7 Å². The van der Waals surface area contributed by atoms with Gasteiger partial charge in [0.15, 0.2) is 0 Å². The second kappa shape index (κ2) is 6.55. The van der Waals surface area contributed by atoms with Crippen LogP contribution in [-0.2, 0) is 5.41 Å². The fraction of sp³-hybridized carbons (Fsp3) is 0.625. The van der Waals surface area contributed by atoms with Crippen molar-refractivity contribution in [3.8, 4) is 5.75 Å². The van der Waals surface area contributed by atoms with E-state index in [9.17, 15) is 0 Å². The minimum atomic E-state index is -0.0504. The molecule has 4 heteroatoms. The summed E-state index contributed by atoms with van der Waals surface area (Å²) in [5.41, 5.74) is 1.13. The third kappa shape index (κ3) is 4.83. The molecule has 2 nitrogen and oxygen atoms in total. The van der Waals surface area contributed by atoms with Gasteiger partial charge in [-0.15, -0.1) is 0 Å². The molecule has 0 atom stereocenters. The highest BCUT2D eigenvalue weighted by molar-refractivity contribution is 6.34. The highest BCUT2D eigenvalue weighted by atomic mass is 35.5. The molecule has 0 spiro atoms. The molecule has 1 aromatic carbocycles. The molecule has 0 fully saturated rings. The fourth-order valence-electron chi connectivity index (χ4n) is 2.09. The van der Waals surface area contributed by atoms with Gasteiger partial charge in [-0.1, -0.05) is 37.0 Å². The Balaban J connectivity index is 2.89. The largest absolute Gasteiger partial charge is 0.495 e. The summed E-state index contributed by atoms with van der Waals surface area (Å²) < 4.78 is 5.19. The van der Waals surface area contributed by atoms with Gasteiger partial charge in [0.1, 0.15) is 5.75 Å². The second-order valence-corrected chi connectivity index (χ2v) is 7.59. The van der Waals surface area contributed by atoms with Gasteiger partial charge in [0.05, 0.1) is 12.1 Å². The summed E-state index contributed by atoms with van der Waals surface area (Å²) in [6, 6.07) is 3.71. The molecule has 0 heterocycles. The van der Waals surface area contributed by atoms with E-state index in [4.69, 9.17) is 27.9 Å². The van der Waals surface area contributed by atoms with E-state index >= 15 is 0 Å². The van der Waals surface area contributed by atoms with E-state index < -0.39 is 0 Å². The van der Waals surface area contributed by atoms with Gasteiger partial charge in [0.2, 0.25) is 0 Å². The second-order valence-electron chi connectivity index (χ2n) is 6.78. The zero-order chi connectivity index (χ0) is 15.6. The molecule has 0 aliphatic heterocycles. The fourth-order valence-corrected chi connectivity index (χ4v) is 2.74. The van der Waals surface area contributed by atoms with Crippen molar-refractivity contribution >= 4 is 23.2 Å². The van der Waals surface area contributed by atoms with Crippen molar-refractivity contribution in [1.82, 2.24) is 5.32 Å². The van der Waals surface area contributed by atoms with E-state index in [2.05, 4.69) is 39.9 Å². The average molecular weight is 318 g/mol. The number of rotatable bonds is 5. The number of hydrogen-bond acceptors (Lipinski definition) is 2. The van der Waals surface area contributed by atoms with Crippen LogP contribution in [0.15, 0.2) is 12.1 Å². The van der Waals surface area contributed by atoms with Gasteiger partial charge in [0.25, 0.3) is 0 Å². The molecular formula is C16H25Cl2NO. The Morgan fingerprint density at radius 2 is 1.65 bits per heavy atom. The lowest BCUT2D eigenvalue weighted by atomic mass is 9.81. The zero-order valence-electron chi connectivity index (χ0n) is 13.2. The molecule has 0 unspecified atom stereocenters. The molecule has 0 aliphatic rings. The van der Waals surface area contributed by atoms with Crippen molar-refractivity contribution in [2.75, 3.05) is 13.7 Å². The van der Waals surface area contributed by atoms with E-state index in [1.807, 2.05) is 6.07 Å². The van der Waals surface area contributed by atoms with Crippen LogP contribution in [0.25, 0.3) is 0 Å².